The third-order valence-corrected chi connectivity index (χ3v) is 5.43. The minimum atomic E-state index is -3.93. The second-order valence-electron chi connectivity index (χ2n) is 5.19. The first-order valence-electron chi connectivity index (χ1n) is 7.22. The zero-order valence-corrected chi connectivity index (χ0v) is 15.5. The van der Waals surface area contributed by atoms with Crippen molar-refractivity contribution in [1.29, 1.82) is 0 Å². The molecule has 0 aliphatic rings. The summed E-state index contributed by atoms with van der Waals surface area (Å²) in [6.07, 6.45) is 0. The first kappa shape index (κ1) is 19.5. The third-order valence-electron chi connectivity index (χ3n) is 3.31. The zero-order valence-electron chi connectivity index (χ0n) is 13.2. The van der Waals surface area contributed by atoms with E-state index in [-0.39, 0.29) is 28.6 Å². The molecule has 9 heteroatoms. The number of rotatable bonds is 6. The van der Waals surface area contributed by atoms with Crippen LogP contribution in [0.5, 0.6) is 0 Å². The molecule has 2 aromatic carbocycles. The monoisotopic (exact) mass is 402 g/mol. The summed E-state index contributed by atoms with van der Waals surface area (Å²) in [7, 11) is -3.93. The number of aliphatic hydroxyl groups is 1. The number of hydrogen-bond donors (Lipinski definition) is 3. The Bertz CT molecular complexity index is 901. The molecule has 0 saturated heterocycles. The van der Waals surface area contributed by atoms with Gasteiger partial charge in [0, 0.05) is 11.6 Å². The topological polar surface area (TPSA) is 95.5 Å². The molecule has 0 saturated carbocycles. The molecule has 0 aliphatic heterocycles. The quantitative estimate of drug-likeness (QED) is 0.691. The van der Waals surface area contributed by atoms with Gasteiger partial charge in [-0.15, -0.1) is 0 Å². The molecule has 0 aromatic heterocycles. The summed E-state index contributed by atoms with van der Waals surface area (Å²) in [6, 6.07) is 8.57. The summed E-state index contributed by atoms with van der Waals surface area (Å²) in [5, 5.41) is 11.7. The first-order chi connectivity index (χ1) is 11.7. The van der Waals surface area contributed by atoms with Gasteiger partial charge in [-0.1, -0.05) is 29.3 Å². The number of halogens is 2. The van der Waals surface area contributed by atoms with Crippen LogP contribution >= 0.6 is 23.2 Å². The van der Waals surface area contributed by atoms with E-state index < -0.39 is 15.9 Å². The number of benzene rings is 2. The normalized spacial score (nSPS) is 11.2. The molecule has 0 aliphatic carbocycles. The van der Waals surface area contributed by atoms with Crippen LogP contribution in [0.25, 0.3) is 0 Å². The lowest BCUT2D eigenvalue weighted by Gasteiger charge is -2.11. The Morgan fingerprint density at radius 3 is 2.48 bits per heavy atom. The Hall–Kier alpha value is -1.80. The molecule has 3 N–H and O–H groups in total. The molecule has 2 aromatic rings. The van der Waals surface area contributed by atoms with Gasteiger partial charge in [0.25, 0.3) is 15.9 Å². The van der Waals surface area contributed by atoms with E-state index >= 15 is 0 Å². The van der Waals surface area contributed by atoms with Crippen LogP contribution < -0.4 is 10.0 Å². The fraction of sp³-hybridized carbons (Fsp3) is 0.188. The lowest BCUT2D eigenvalue weighted by atomic mass is 10.2. The van der Waals surface area contributed by atoms with Gasteiger partial charge in [-0.3, -0.25) is 9.52 Å². The largest absolute Gasteiger partial charge is 0.395 e. The average molecular weight is 403 g/mol. The smallest absolute Gasteiger partial charge is 0.261 e. The van der Waals surface area contributed by atoms with Crippen molar-refractivity contribution in [2.45, 2.75) is 11.8 Å². The van der Waals surface area contributed by atoms with Crippen molar-refractivity contribution in [2.75, 3.05) is 17.9 Å². The van der Waals surface area contributed by atoms with Crippen molar-refractivity contribution >= 4 is 44.8 Å². The Morgan fingerprint density at radius 2 is 1.84 bits per heavy atom. The molecule has 1 amide bonds. The van der Waals surface area contributed by atoms with E-state index in [1.54, 1.807) is 19.1 Å². The van der Waals surface area contributed by atoms with Crippen LogP contribution in [0.15, 0.2) is 41.3 Å². The second kappa shape index (κ2) is 8.05. The number of hydrogen-bond acceptors (Lipinski definition) is 4. The van der Waals surface area contributed by atoms with Crippen molar-refractivity contribution in [2.24, 2.45) is 0 Å². The van der Waals surface area contributed by atoms with E-state index in [2.05, 4.69) is 10.0 Å². The first-order valence-corrected chi connectivity index (χ1v) is 9.46. The Labute approximate surface area is 155 Å². The van der Waals surface area contributed by atoms with Crippen LogP contribution in [0, 0.1) is 6.92 Å². The number of anilines is 1. The number of carbonyl (C=O) groups is 1. The zero-order chi connectivity index (χ0) is 18.6. The summed E-state index contributed by atoms with van der Waals surface area (Å²) in [5.41, 5.74) is 1.12. The maximum Gasteiger partial charge on any atom is 0.261 e. The summed E-state index contributed by atoms with van der Waals surface area (Å²) < 4.78 is 27.5. The summed E-state index contributed by atoms with van der Waals surface area (Å²) in [5.74, 6) is -0.575. The van der Waals surface area contributed by atoms with E-state index in [9.17, 15) is 13.2 Å². The maximum absolute atomic E-state index is 12.5. The van der Waals surface area contributed by atoms with Gasteiger partial charge in [-0.25, -0.2) is 8.42 Å². The van der Waals surface area contributed by atoms with Crippen LogP contribution in [0.4, 0.5) is 5.69 Å². The Balaban J connectivity index is 2.32. The molecule has 0 atom stereocenters. The van der Waals surface area contributed by atoms with Gasteiger partial charge in [0.1, 0.15) is 0 Å². The highest BCUT2D eigenvalue weighted by Gasteiger charge is 2.19. The average Bonchev–Trinajstić information content (AvgIpc) is 2.56. The fourth-order valence-corrected chi connectivity index (χ4v) is 3.44. The lowest BCUT2D eigenvalue weighted by Crippen LogP contribution is -2.27. The van der Waals surface area contributed by atoms with Crippen molar-refractivity contribution < 1.29 is 18.3 Å². The minimum absolute atomic E-state index is 0.0000646. The van der Waals surface area contributed by atoms with Crippen molar-refractivity contribution in [3.63, 3.8) is 0 Å². The van der Waals surface area contributed by atoms with Crippen LogP contribution in [-0.4, -0.2) is 32.6 Å². The predicted octanol–water partition coefficient (Wildman–Crippen LogP) is 2.82. The molecule has 0 spiro atoms. The van der Waals surface area contributed by atoms with E-state index in [1.807, 2.05) is 0 Å². The second-order valence-corrected chi connectivity index (χ2v) is 7.69. The van der Waals surface area contributed by atoms with Gasteiger partial charge in [0.05, 0.1) is 27.8 Å². The number of sulfonamides is 1. The van der Waals surface area contributed by atoms with Gasteiger partial charge in [0.2, 0.25) is 0 Å². The molecule has 0 fully saturated rings. The molecular formula is C16H16Cl2N2O4S. The van der Waals surface area contributed by atoms with Crippen molar-refractivity contribution in [1.82, 2.24) is 5.32 Å². The number of aryl methyl sites for hydroxylation is 1. The fourth-order valence-electron chi connectivity index (χ4n) is 1.98. The van der Waals surface area contributed by atoms with E-state index in [0.29, 0.717) is 10.7 Å². The maximum atomic E-state index is 12.5. The summed E-state index contributed by atoms with van der Waals surface area (Å²) >= 11 is 12.0. The lowest BCUT2D eigenvalue weighted by molar-refractivity contribution is 0.0944. The molecular weight excluding hydrogens is 387 g/mol. The standard InChI is InChI=1S/C16H16Cl2N2O4S/c1-10-2-3-11(8-15(10)18)20-25(23,24)12-4-5-14(17)13(9-12)16(22)19-6-7-21/h2-5,8-9,20-21H,6-7H2,1H3,(H,19,22). The van der Waals surface area contributed by atoms with E-state index in [4.69, 9.17) is 28.3 Å². The van der Waals surface area contributed by atoms with Crippen LogP contribution in [-0.2, 0) is 10.0 Å². The molecule has 0 bridgehead atoms. The van der Waals surface area contributed by atoms with Crippen LogP contribution in [0.2, 0.25) is 10.0 Å². The van der Waals surface area contributed by atoms with Gasteiger partial charge < -0.3 is 10.4 Å². The summed E-state index contributed by atoms with van der Waals surface area (Å²) in [4.78, 5) is 11.9. The third kappa shape index (κ3) is 4.85. The number of aliphatic hydroxyl groups excluding tert-OH is 1. The molecule has 25 heavy (non-hydrogen) atoms. The highest BCUT2D eigenvalue weighted by Crippen LogP contribution is 2.25. The van der Waals surface area contributed by atoms with Gasteiger partial charge >= 0.3 is 0 Å². The highest BCUT2D eigenvalue weighted by molar-refractivity contribution is 7.92. The van der Waals surface area contributed by atoms with Gasteiger partial charge in [0.15, 0.2) is 0 Å². The number of amides is 1. The van der Waals surface area contributed by atoms with Crippen molar-refractivity contribution in [3.05, 3.63) is 57.6 Å². The Morgan fingerprint density at radius 1 is 1.12 bits per heavy atom. The highest BCUT2D eigenvalue weighted by atomic mass is 35.5. The van der Waals surface area contributed by atoms with E-state index in [1.165, 1.54) is 24.3 Å². The van der Waals surface area contributed by atoms with Gasteiger partial charge in [-0.05, 0) is 42.8 Å². The van der Waals surface area contributed by atoms with E-state index in [0.717, 1.165) is 5.56 Å². The predicted molar refractivity (Wildman–Crippen MR) is 97.9 cm³/mol. The molecule has 0 heterocycles. The van der Waals surface area contributed by atoms with Crippen LogP contribution in [0.1, 0.15) is 15.9 Å². The number of nitrogens with one attached hydrogen (secondary N) is 2. The summed E-state index contributed by atoms with van der Waals surface area (Å²) in [6.45, 7) is 1.60. The van der Waals surface area contributed by atoms with Crippen LogP contribution in [0.3, 0.4) is 0 Å². The molecule has 2 rings (SSSR count). The van der Waals surface area contributed by atoms with Gasteiger partial charge in [-0.2, -0.15) is 0 Å². The molecule has 0 unspecified atom stereocenters. The molecule has 0 radical (unpaired) electrons. The molecule has 6 nitrogen and oxygen atoms in total. The van der Waals surface area contributed by atoms with Crippen molar-refractivity contribution in [3.8, 4) is 0 Å². The minimum Gasteiger partial charge on any atom is -0.395 e. The number of carbonyl (C=O) groups excluding carboxylic acids is 1. The SMILES string of the molecule is Cc1ccc(NS(=O)(=O)c2ccc(Cl)c(C(=O)NCCO)c2)cc1Cl. The Kier molecular flexibility index (Phi) is 6.29. The molecule has 134 valence electrons.